The number of esters is 1. The summed E-state index contributed by atoms with van der Waals surface area (Å²) in [6, 6.07) is 4.78. The highest BCUT2D eigenvalue weighted by Gasteiger charge is 2.12. The van der Waals surface area contributed by atoms with Crippen LogP contribution in [0.2, 0.25) is 0 Å². The average molecular weight is 250 g/mol. The molecule has 0 aliphatic heterocycles. The second kappa shape index (κ2) is 6.44. The van der Waals surface area contributed by atoms with Crippen molar-refractivity contribution in [3.8, 4) is 5.75 Å². The lowest BCUT2D eigenvalue weighted by Crippen LogP contribution is -2.01. The van der Waals surface area contributed by atoms with Gasteiger partial charge in [-0.1, -0.05) is 24.3 Å². The first-order chi connectivity index (χ1) is 8.60. The second-order valence-electron chi connectivity index (χ2n) is 3.42. The van der Waals surface area contributed by atoms with E-state index in [0.717, 1.165) is 0 Å². The topological polar surface area (TPSA) is 72.8 Å². The maximum atomic E-state index is 11.0. The van der Waals surface area contributed by atoms with Gasteiger partial charge in [0.1, 0.15) is 11.3 Å². The van der Waals surface area contributed by atoms with Gasteiger partial charge in [0.2, 0.25) is 0 Å². The Morgan fingerprint density at radius 3 is 2.61 bits per heavy atom. The van der Waals surface area contributed by atoms with Crippen LogP contribution < -0.4 is 4.74 Å². The number of ether oxygens (including phenoxy) is 2. The van der Waals surface area contributed by atoms with Gasteiger partial charge in [-0.25, -0.2) is 4.79 Å². The van der Waals surface area contributed by atoms with E-state index in [1.54, 1.807) is 24.3 Å². The first-order valence-corrected chi connectivity index (χ1v) is 5.23. The maximum absolute atomic E-state index is 11.0. The molecule has 0 fully saturated rings. The van der Waals surface area contributed by atoms with Crippen LogP contribution in [0.3, 0.4) is 0 Å². The minimum Gasteiger partial charge on any atom is -0.495 e. The Hall–Kier alpha value is -2.30. The molecule has 5 nitrogen and oxygen atoms in total. The first kappa shape index (κ1) is 13.8. The van der Waals surface area contributed by atoms with Gasteiger partial charge >= 0.3 is 11.9 Å². The first-order valence-electron chi connectivity index (χ1n) is 5.23. The van der Waals surface area contributed by atoms with Crippen LogP contribution in [-0.2, 0) is 9.53 Å². The lowest BCUT2D eigenvalue weighted by molar-refractivity contribution is -0.139. The minimum absolute atomic E-state index is 0.0812. The summed E-state index contributed by atoms with van der Waals surface area (Å²) in [4.78, 5) is 21.9. The molecule has 1 N–H and O–H groups in total. The molecule has 0 aliphatic carbocycles. The third kappa shape index (κ3) is 3.35. The van der Waals surface area contributed by atoms with Crippen molar-refractivity contribution in [2.45, 2.75) is 6.42 Å². The SMILES string of the molecule is COC(=O)CC=Cc1cccc(C(=O)O)c1OC. The van der Waals surface area contributed by atoms with Crippen molar-refractivity contribution in [2.75, 3.05) is 14.2 Å². The van der Waals surface area contributed by atoms with Crippen molar-refractivity contribution in [1.29, 1.82) is 0 Å². The molecule has 0 unspecified atom stereocenters. The van der Waals surface area contributed by atoms with Gasteiger partial charge in [-0.3, -0.25) is 4.79 Å². The Morgan fingerprint density at radius 1 is 1.33 bits per heavy atom. The molecule has 0 amide bonds. The number of rotatable bonds is 5. The average Bonchev–Trinajstić information content (AvgIpc) is 2.37. The number of methoxy groups -OCH3 is 2. The molecule has 1 aromatic rings. The van der Waals surface area contributed by atoms with Crippen LogP contribution >= 0.6 is 0 Å². The molecule has 1 aromatic carbocycles. The summed E-state index contributed by atoms with van der Waals surface area (Å²) in [5, 5.41) is 8.99. The number of para-hydroxylation sites is 1. The number of carbonyl (C=O) groups is 2. The van der Waals surface area contributed by atoms with Crippen LogP contribution in [-0.4, -0.2) is 31.3 Å². The van der Waals surface area contributed by atoms with Crippen molar-refractivity contribution in [3.63, 3.8) is 0 Å². The summed E-state index contributed by atoms with van der Waals surface area (Å²) in [5.41, 5.74) is 0.680. The predicted molar refractivity (Wildman–Crippen MR) is 65.6 cm³/mol. The van der Waals surface area contributed by atoms with Gasteiger partial charge < -0.3 is 14.6 Å². The Bertz CT molecular complexity index is 476. The van der Waals surface area contributed by atoms with Gasteiger partial charge in [0.25, 0.3) is 0 Å². The van der Waals surface area contributed by atoms with E-state index in [0.29, 0.717) is 5.56 Å². The molecule has 5 heteroatoms. The summed E-state index contributed by atoms with van der Waals surface area (Å²) in [5.74, 6) is -1.15. The van der Waals surface area contributed by atoms with Crippen LogP contribution in [0.1, 0.15) is 22.3 Å². The number of hydrogen-bond donors (Lipinski definition) is 1. The fourth-order valence-corrected chi connectivity index (χ4v) is 1.45. The second-order valence-corrected chi connectivity index (χ2v) is 3.42. The number of carbonyl (C=O) groups excluding carboxylic acids is 1. The Labute approximate surface area is 105 Å². The van der Waals surface area contributed by atoms with Crippen molar-refractivity contribution < 1.29 is 24.2 Å². The lowest BCUT2D eigenvalue weighted by atomic mass is 10.1. The van der Waals surface area contributed by atoms with Gasteiger partial charge in [0.15, 0.2) is 0 Å². The smallest absolute Gasteiger partial charge is 0.339 e. The van der Waals surface area contributed by atoms with Crippen LogP contribution in [0.4, 0.5) is 0 Å². The van der Waals surface area contributed by atoms with E-state index in [-0.39, 0.29) is 23.7 Å². The molecule has 0 heterocycles. The molecular weight excluding hydrogens is 236 g/mol. The molecule has 0 saturated heterocycles. The number of aromatic carboxylic acids is 1. The van der Waals surface area contributed by atoms with E-state index >= 15 is 0 Å². The Kier molecular flexibility index (Phi) is 4.92. The summed E-state index contributed by atoms with van der Waals surface area (Å²) in [6.07, 6.45) is 3.34. The van der Waals surface area contributed by atoms with Crippen LogP contribution in [0.5, 0.6) is 5.75 Å². The minimum atomic E-state index is -1.06. The highest BCUT2D eigenvalue weighted by atomic mass is 16.5. The van der Waals surface area contributed by atoms with E-state index in [2.05, 4.69) is 4.74 Å². The van der Waals surface area contributed by atoms with Gasteiger partial charge in [-0.15, -0.1) is 0 Å². The quantitative estimate of drug-likeness (QED) is 0.809. The molecule has 0 saturated carbocycles. The Morgan fingerprint density at radius 2 is 2.06 bits per heavy atom. The molecule has 0 atom stereocenters. The Balaban J connectivity index is 2.98. The van der Waals surface area contributed by atoms with Crippen molar-refractivity contribution in [3.05, 3.63) is 35.4 Å². The van der Waals surface area contributed by atoms with Crippen molar-refractivity contribution in [1.82, 2.24) is 0 Å². The van der Waals surface area contributed by atoms with Gasteiger partial charge in [-0.2, -0.15) is 0 Å². The van der Waals surface area contributed by atoms with E-state index in [1.807, 2.05) is 0 Å². The van der Waals surface area contributed by atoms with Gasteiger partial charge in [0, 0.05) is 5.56 Å². The van der Waals surface area contributed by atoms with Crippen molar-refractivity contribution >= 4 is 18.0 Å². The normalized spacial score (nSPS) is 10.3. The van der Waals surface area contributed by atoms with E-state index in [9.17, 15) is 9.59 Å². The highest BCUT2D eigenvalue weighted by Crippen LogP contribution is 2.25. The molecule has 18 heavy (non-hydrogen) atoms. The van der Waals surface area contributed by atoms with Gasteiger partial charge in [-0.05, 0) is 6.07 Å². The van der Waals surface area contributed by atoms with Crippen molar-refractivity contribution in [2.24, 2.45) is 0 Å². The number of carboxylic acids is 1. The third-order valence-electron chi connectivity index (χ3n) is 2.29. The third-order valence-corrected chi connectivity index (χ3v) is 2.29. The van der Waals surface area contributed by atoms with E-state index in [1.165, 1.54) is 20.3 Å². The molecule has 96 valence electrons. The largest absolute Gasteiger partial charge is 0.495 e. The maximum Gasteiger partial charge on any atom is 0.339 e. The lowest BCUT2D eigenvalue weighted by Gasteiger charge is -2.07. The summed E-state index contributed by atoms with van der Waals surface area (Å²) < 4.78 is 9.56. The monoisotopic (exact) mass is 250 g/mol. The molecule has 0 aromatic heterocycles. The predicted octanol–water partition coefficient (Wildman–Crippen LogP) is 1.97. The zero-order valence-electron chi connectivity index (χ0n) is 10.2. The number of hydrogen-bond acceptors (Lipinski definition) is 4. The molecule has 0 radical (unpaired) electrons. The highest BCUT2D eigenvalue weighted by molar-refractivity contribution is 5.92. The summed E-state index contributed by atoms with van der Waals surface area (Å²) in [7, 11) is 2.71. The number of benzene rings is 1. The van der Waals surface area contributed by atoms with E-state index in [4.69, 9.17) is 9.84 Å². The molecular formula is C13H14O5. The summed E-state index contributed by atoms with van der Waals surface area (Å²) in [6.45, 7) is 0. The number of carboxylic acid groups (broad SMARTS) is 1. The zero-order chi connectivity index (χ0) is 13.5. The molecule has 0 spiro atoms. The van der Waals surface area contributed by atoms with Gasteiger partial charge in [0.05, 0.1) is 20.6 Å². The standard InChI is InChI=1S/C13H14O5/c1-17-11(14)8-4-6-9-5-3-7-10(13(15)16)12(9)18-2/h3-7H,8H2,1-2H3,(H,15,16). The zero-order valence-corrected chi connectivity index (χ0v) is 10.2. The molecule has 0 aliphatic rings. The molecule has 0 bridgehead atoms. The molecule has 1 rings (SSSR count). The fraction of sp³-hybridized carbons (Fsp3) is 0.231. The van der Waals surface area contributed by atoms with E-state index < -0.39 is 5.97 Å². The fourth-order valence-electron chi connectivity index (χ4n) is 1.45. The van der Waals surface area contributed by atoms with Crippen LogP contribution in [0, 0.1) is 0 Å². The van der Waals surface area contributed by atoms with Crippen LogP contribution in [0.25, 0.3) is 6.08 Å². The van der Waals surface area contributed by atoms with Crippen LogP contribution in [0.15, 0.2) is 24.3 Å². The summed E-state index contributed by atoms with van der Waals surface area (Å²) >= 11 is 0.